The van der Waals surface area contributed by atoms with Crippen LogP contribution in [0.4, 0.5) is 4.79 Å². The van der Waals surface area contributed by atoms with Gasteiger partial charge in [0.1, 0.15) is 5.75 Å². The molecule has 0 unspecified atom stereocenters. The summed E-state index contributed by atoms with van der Waals surface area (Å²) in [6.45, 7) is 0. The molecule has 1 aromatic carbocycles. The van der Waals surface area contributed by atoms with Gasteiger partial charge in [-0.2, -0.15) is 0 Å². The van der Waals surface area contributed by atoms with Gasteiger partial charge in [-0.1, -0.05) is 12.1 Å². The Labute approximate surface area is 98.5 Å². The van der Waals surface area contributed by atoms with E-state index in [4.69, 9.17) is 10.5 Å². The minimum Gasteiger partial charge on any atom is -0.497 e. The molecule has 5 heteroatoms. The highest BCUT2D eigenvalue weighted by Crippen LogP contribution is 2.49. The molecule has 1 saturated carbocycles. The number of benzene rings is 1. The third-order valence-electron chi connectivity index (χ3n) is 2.98. The van der Waals surface area contributed by atoms with E-state index in [1.165, 1.54) is 0 Å². The van der Waals surface area contributed by atoms with E-state index in [2.05, 4.69) is 4.74 Å². The number of carbonyl (C=O) groups is 2. The summed E-state index contributed by atoms with van der Waals surface area (Å²) >= 11 is 0. The van der Waals surface area contributed by atoms with E-state index >= 15 is 0 Å². The Kier molecular flexibility index (Phi) is 2.75. The summed E-state index contributed by atoms with van der Waals surface area (Å²) in [4.78, 5) is 22.3. The molecule has 0 heterocycles. The van der Waals surface area contributed by atoms with E-state index in [0.717, 1.165) is 5.56 Å². The molecule has 1 aliphatic carbocycles. The van der Waals surface area contributed by atoms with E-state index in [0.29, 0.717) is 18.6 Å². The van der Waals surface area contributed by atoms with Crippen molar-refractivity contribution in [1.82, 2.24) is 0 Å². The Morgan fingerprint density at radius 3 is 2.24 bits per heavy atom. The lowest BCUT2D eigenvalue weighted by molar-refractivity contribution is -0.140. The molecule has 5 nitrogen and oxygen atoms in total. The molecule has 1 aromatic rings. The molecule has 0 aliphatic heterocycles. The van der Waals surface area contributed by atoms with Crippen molar-refractivity contribution in [3.63, 3.8) is 0 Å². The Balaban J connectivity index is 2.20. The topological polar surface area (TPSA) is 78.6 Å². The average molecular weight is 235 g/mol. The van der Waals surface area contributed by atoms with Crippen LogP contribution < -0.4 is 10.5 Å². The smallest absolute Gasteiger partial charge is 0.412 e. The molecule has 1 fully saturated rings. The zero-order chi connectivity index (χ0) is 12.5. The van der Waals surface area contributed by atoms with Crippen LogP contribution in [0.5, 0.6) is 5.75 Å². The highest BCUT2D eigenvalue weighted by Gasteiger charge is 2.53. The van der Waals surface area contributed by atoms with Gasteiger partial charge in [-0.3, -0.25) is 4.79 Å². The SMILES string of the molecule is COc1ccc(C2(C(=O)OC(N)=O)CC2)cc1. The number of carbonyl (C=O) groups excluding carboxylic acids is 2. The molecule has 0 spiro atoms. The first-order chi connectivity index (χ1) is 8.08. The molecule has 2 rings (SSSR count). The highest BCUT2D eigenvalue weighted by atomic mass is 16.6. The molecule has 0 radical (unpaired) electrons. The quantitative estimate of drug-likeness (QED) is 0.633. The number of nitrogens with two attached hydrogens (primary N) is 1. The van der Waals surface area contributed by atoms with Crippen LogP contribution in [0.15, 0.2) is 24.3 Å². The van der Waals surface area contributed by atoms with Gasteiger partial charge >= 0.3 is 12.1 Å². The second-order valence-electron chi connectivity index (χ2n) is 4.02. The number of rotatable bonds is 3. The lowest BCUT2D eigenvalue weighted by atomic mass is 9.96. The Morgan fingerprint density at radius 1 is 1.24 bits per heavy atom. The summed E-state index contributed by atoms with van der Waals surface area (Å²) in [5.41, 5.74) is 4.97. The van der Waals surface area contributed by atoms with E-state index in [1.807, 2.05) is 0 Å². The molecular weight excluding hydrogens is 222 g/mol. The first kappa shape index (κ1) is 11.4. The number of ether oxygens (including phenoxy) is 2. The predicted octanol–water partition coefficient (Wildman–Crippen LogP) is 1.35. The summed E-state index contributed by atoms with van der Waals surface area (Å²) in [5.74, 6) is 0.142. The van der Waals surface area contributed by atoms with Crippen LogP contribution >= 0.6 is 0 Å². The molecule has 0 saturated heterocycles. The lowest BCUT2D eigenvalue weighted by Crippen LogP contribution is -2.28. The maximum Gasteiger partial charge on any atom is 0.412 e. The van der Waals surface area contributed by atoms with E-state index in [9.17, 15) is 9.59 Å². The first-order valence-corrected chi connectivity index (χ1v) is 5.25. The van der Waals surface area contributed by atoms with Crippen molar-refractivity contribution in [2.75, 3.05) is 7.11 Å². The average Bonchev–Trinajstić information content (AvgIpc) is 3.09. The maximum atomic E-state index is 11.7. The van der Waals surface area contributed by atoms with Crippen LogP contribution in [0, 0.1) is 0 Å². The van der Waals surface area contributed by atoms with Crippen molar-refractivity contribution in [1.29, 1.82) is 0 Å². The Hall–Kier alpha value is -2.04. The molecule has 0 bridgehead atoms. The van der Waals surface area contributed by atoms with Crippen molar-refractivity contribution < 1.29 is 19.1 Å². The fourth-order valence-corrected chi connectivity index (χ4v) is 1.83. The fraction of sp³-hybridized carbons (Fsp3) is 0.333. The van der Waals surface area contributed by atoms with Crippen LogP contribution in [-0.4, -0.2) is 19.2 Å². The fourth-order valence-electron chi connectivity index (χ4n) is 1.83. The molecular formula is C12H13NO4. The predicted molar refractivity (Wildman–Crippen MR) is 59.6 cm³/mol. The normalized spacial score (nSPS) is 16.1. The van der Waals surface area contributed by atoms with Crippen molar-refractivity contribution in [3.8, 4) is 5.75 Å². The first-order valence-electron chi connectivity index (χ1n) is 5.25. The maximum absolute atomic E-state index is 11.7. The van der Waals surface area contributed by atoms with Crippen LogP contribution in [0.2, 0.25) is 0 Å². The minimum absolute atomic E-state index is 0.574. The zero-order valence-corrected chi connectivity index (χ0v) is 9.43. The third-order valence-corrected chi connectivity index (χ3v) is 2.98. The zero-order valence-electron chi connectivity index (χ0n) is 9.43. The van der Waals surface area contributed by atoms with E-state index < -0.39 is 17.5 Å². The van der Waals surface area contributed by atoms with Gasteiger partial charge in [-0.25, -0.2) is 4.79 Å². The van der Waals surface area contributed by atoms with Crippen molar-refractivity contribution in [2.45, 2.75) is 18.3 Å². The molecule has 90 valence electrons. The van der Waals surface area contributed by atoms with E-state index in [-0.39, 0.29) is 0 Å². The summed E-state index contributed by atoms with van der Waals surface area (Å²) in [6, 6.07) is 7.14. The van der Waals surface area contributed by atoms with Gasteiger partial charge in [0.25, 0.3) is 0 Å². The summed E-state index contributed by atoms with van der Waals surface area (Å²) in [6.07, 6.45) is 0.284. The Morgan fingerprint density at radius 2 is 1.82 bits per heavy atom. The van der Waals surface area contributed by atoms with Crippen molar-refractivity contribution >= 4 is 12.1 Å². The molecule has 0 atom stereocenters. The number of primary amides is 1. The number of amides is 1. The minimum atomic E-state index is -1.06. The van der Waals surface area contributed by atoms with Gasteiger partial charge in [-0.05, 0) is 30.5 Å². The molecule has 2 N–H and O–H groups in total. The van der Waals surface area contributed by atoms with Gasteiger partial charge in [0.15, 0.2) is 0 Å². The standard InChI is InChI=1S/C12H13NO4/c1-16-9-4-2-8(3-5-9)12(6-7-12)10(14)17-11(13)15/h2-5H,6-7H2,1H3,(H2,13,15). The number of hydrogen-bond acceptors (Lipinski definition) is 4. The summed E-state index contributed by atoms with van der Waals surface area (Å²) in [7, 11) is 1.57. The van der Waals surface area contributed by atoms with Crippen LogP contribution in [0.1, 0.15) is 18.4 Å². The number of esters is 1. The van der Waals surface area contributed by atoms with Crippen molar-refractivity contribution in [3.05, 3.63) is 29.8 Å². The van der Waals surface area contributed by atoms with Gasteiger partial charge in [0.05, 0.1) is 12.5 Å². The van der Waals surface area contributed by atoms with Gasteiger partial charge in [0, 0.05) is 0 Å². The van der Waals surface area contributed by atoms with Gasteiger partial charge in [0.2, 0.25) is 0 Å². The lowest BCUT2D eigenvalue weighted by Gasteiger charge is -2.13. The molecule has 1 amide bonds. The Bertz CT molecular complexity index is 448. The van der Waals surface area contributed by atoms with Gasteiger partial charge in [-0.15, -0.1) is 0 Å². The molecule has 17 heavy (non-hydrogen) atoms. The van der Waals surface area contributed by atoms with Crippen molar-refractivity contribution in [2.24, 2.45) is 5.73 Å². The monoisotopic (exact) mass is 235 g/mol. The molecule has 0 aromatic heterocycles. The van der Waals surface area contributed by atoms with Gasteiger partial charge < -0.3 is 15.2 Å². The third kappa shape index (κ3) is 2.08. The van der Waals surface area contributed by atoms with Crippen LogP contribution in [0.25, 0.3) is 0 Å². The highest BCUT2D eigenvalue weighted by molar-refractivity contribution is 5.93. The molecule has 1 aliphatic rings. The largest absolute Gasteiger partial charge is 0.497 e. The summed E-state index contributed by atoms with van der Waals surface area (Å²) < 4.78 is 9.49. The summed E-state index contributed by atoms with van der Waals surface area (Å²) in [5, 5.41) is 0. The van der Waals surface area contributed by atoms with Crippen LogP contribution in [0.3, 0.4) is 0 Å². The second kappa shape index (κ2) is 4.08. The second-order valence-corrected chi connectivity index (χ2v) is 4.02. The van der Waals surface area contributed by atoms with E-state index in [1.54, 1.807) is 31.4 Å². The number of methoxy groups -OCH3 is 1. The number of hydrogen-bond donors (Lipinski definition) is 1. The van der Waals surface area contributed by atoms with Crippen LogP contribution in [-0.2, 0) is 14.9 Å².